The van der Waals surface area contributed by atoms with Crippen LogP contribution < -0.4 is 4.18 Å². The van der Waals surface area contributed by atoms with E-state index in [0.29, 0.717) is 16.1 Å². The molecule has 0 atom stereocenters. The van der Waals surface area contributed by atoms with Gasteiger partial charge in [0.05, 0.1) is 16.3 Å². The summed E-state index contributed by atoms with van der Waals surface area (Å²) in [6.07, 6.45) is 1.85. The van der Waals surface area contributed by atoms with Crippen molar-refractivity contribution in [2.45, 2.75) is 32.4 Å². The maximum absolute atomic E-state index is 13.0. The molecule has 0 radical (unpaired) electrons. The Kier molecular flexibility index (Phi) is 5.53. The van der Waals surface area contributed by atoms with Gasteiger partial charge in [0.1, 0.15) is 5.75 Å². The highest BCUT2D eigenvalue weighted by Crippen LogP contribution is 2.33. The summed E-state index contributed by atoms with van der Waals surface area (Å²) in [5, 5.41) is 0.404. The monoisotopic (exact) mass is 393 g/mol. The Labute approximate surface area is 158 Å². The first-order valence-electron chi connectivity index (χ1n) is 8.47. The lowest BCUT2D eigenvalue weighted by atomic mass is 10.1. The van der Waals surface area contributed by atoms with Gasteiger partial charge in [-0.2, -0.15) is 8.42 Å². The molecule has 1 saturated carbocycles. The van der Waals surface area contributed by atoms with Crippen LogP contribution in [0.3, 0.4) is 0 Å². The fourth-order valence-corrected chi connectivity index (χ4v) is 3.41. The van der Waals surface area contributed by atoms with E-state index in [1.54, 1.807) is 53.4 Å². The SMILES string of the molecule is CCS(=O)(=O)Oc1ccccc1CN(C(=O)c1ccccc1Cl)C1CC1. The molecule has 138 valence electrons. The van der Waals surface area contributed by atoms with Crippen LogP contribution in [0.15, 0.2) is 48.5 Å². The molecule has 2 aromatic carbocycles. The lowest BCUT2D eigenvalue weighted by Crippen LogP contribution is -2.33. The smallest absolute Gasteiger partial charge is 0.308 e. The maximum atomic E-state index is 13.0. The van der Waals surface area contributed by atoms with Crippen LogP contribution in [0.2, 0.25) is 5.02 Å². The molecule has 0 N–H and O–H groups in total. The van der Waals surface area contributed by atoms with Gasteiger partial charge in [-0.3, -0.25) is 4.79 Å². The van der Waals surface area contributed by atoms with E-state index in [1.165, 1.54) is 6.92 Å². The Morgan fingerprint density at radius 3 is 2.46 bits per heavy atom. The molecule has 26 heavy (non-hydrogen) atoms. The molecule has 0 bridgehead atoms. The van der Waals surface area contributed by atoms with Crippen molar-refractivity contribution in [3.05, 3.63) is 64.7 Å². The normalized spacial score (nSPS) is 14.1. The van der Waals surface area contributed by atoms with Crippen molar-refractivity contribution in [2.24, 2.45) is 0 Å². The third-order valence-corrected chi connectivity index (χ3v) is 5.71. The van der Waals surface area contributed by atoms with Crippen LogP contribution in [0.5, 0.6) is 5.75 Å². The van der Waals surface area contributed by atoms with E-state index < -0.39 is 10.1 Å². The van der Waals surface area contributed by atoms with Crippen molar-refractivity contribution in [3.63, 3.8) is 0 Å². The molecule has 0 spiro atoms. The molecular weight excluding hydrogens is 374 g/mol. The van der Waals surface area contributed by atoms with Crippen LogP contribution in [0.4, 0.5) is 0 Å². The van der Waals surface area contributed by atoms with Gasteiger partial charge in [-0.25, -0.2) is 0 Å². The second kappa shape index (κ2) is 7.68. The Bertz CT molecular complexity index is 909. The van der Waals surface area contributed by atoms with Gasteiger partial charge in [0.2, 0.25) is 0 Å². The average molecular weight is 394 g/mol. The third-order valence-electron chi connectivity index (χ3n) is 4.24. The van der Waals surface area contributed by atoms with Crippen LogP contribution in [-0.4, -0.2) is 31.0 Å². The number of halogens is 1. The minimum absolute atomic E-state index is 0.119. The van der Waals surface area contributed by atoms with Crippen LogP contribution >= 0.6 is 11.6 Å². The zero-order chi connectivity index (χ0) is 18.7. The number of hydrogen-bond acceptors (Lipinski definition) is 4. The Morgan fingerprint density at radius 2 is 1.81 bits per heavy atom. The molecule has 2 aromatic rings. The lowest BCUT2D eigenvalue weighted by Gasteiger charge is -2.24. The van der Waals surface area contributed by atoms with E-state index in [1.807, 2.05) is 0 Å². The molecule has 7 heteroatoms. The first kappa shape index (κ1) is 18.7. The largest absolute Gasteiger partial charge is 0.382 e. The molecule has 1 amide bonds. The number of amides is 1. The molecule has 1 aliphatic rings. The second-order valence-electron chi connectivity index (χ2n) is 6.18. The van der Waals surface area contributed by atoms with Gasteiger partial charge in [-0.15, -0.1) is 0 Å². The highest BCUT2D eigenvalue weighted by Gasteiger charge is 2.34. The van der Waals surface area contributed by atoms with Gasteiger partial charge >= 0.3 is 10.1 Å². The summed E-state index contributed by atoms with van der Waals surface area (Å²) in [5.41, 5.74) is 1.09. The van der Waals surface area contributed by atoms with Crippen LogP contribution in [0, 0.1) is 0 Å². The summed E-state index contributed by atoms with van der Waals surface area (Å²) < 4.78 is 28.9. The third kappa shape index (κ3) is 4.37. The second-order valence-corrected chi connectivity index (χ2v) is 8.45. The molecule has 0 aliphatic heterocycles. The van der Waals surface area contributed by atoms with E-state index >= 15 is 0 Å². The van der Waals surface area contributed by atoms with Gasteiger partial charge in [-0.1, -0.05) is 41.9 Å². The lowest BCUT2D eigenvalue weighted by molar-refractivity contribution is 0.0729. The first-order chi connectivity index (χ1) is 12.4. The summed E-state index contributed by atoms with van der Waals surface area (Å²) in [6.45, 7) is 1.79. The maximum Gasteiger partial charge on any atom is 0.308 e. The molecule has 1 fully saturated rings. The van der Waals surface area contributed by atoms with Crippen LogP contribution in [0.25, 0.3) is 0 Å². The number of rotatable bonds is 7. The zero-order valence-corrected chi connectivity index (χ0v) is 16.0. The van der Waals surface area contributed by atoms with Gasteiger partial charge in [0, 0.05) is 18.2 Å². The van der Waals surface area contributed by atoms with Crippen molar-refractivity contribution in [1.29, 1.82) is 0 Å². The summed E-state index contributed by atoms with van der Waals surface area (Å²) in [5.74, 6) is -0.0233. The zero-order valence-electron chi connectivity index (χ0n) is 14.4. The van der Waals surface area contributed by atoms with Crippen molar-refractivity contribution in [2.75, 3.05) is 5.75 Å². The number of carbonyl (C=O) groups excluding carboxylic acids is 1. The Morgan fingerprint density at radius 1 is 1.15 bits per heavy atom. The topological polar surface area (TPSA) is 63.7 Å². The van der Waals surface area contributed by atoms with Gasteiger partial charge in [0.25, 0.3) is 5.91 Å². The summed E-state index contributed by atoms with van der Waals surface area (Å²) >= 11 is 6.18. The fourth-order valence-electron chi connectivity index (χ4n) is 2.64. The standard InChI is InChI=1S/C19H20ClNO4S/c1-2-26(23,24)25-18-10-6-3-7-14(18)13-21(15-11-12-15)19(22)16-8-4-5-9-17(16)20/h3-10,15H,2,11-13H2,1H3. The quantitative estimate of drug-likeness (QED) is 0.670. The van der Waals surface area contributed by atoms with Gasteiger partial charge in [0.15, 0.2) is 0 Å². The molecule has 1 aliphatic carbocycles. The Balaban J connectivity index is 1.88. The van der Waals surface area contributed by atoms with E-state index in [4.69, 9.17) is 15.8 Å². The van der Waals surface area contributed by atoms with Gasteiger partial charge in [-0.05, 0) is 38.0 Å². The highest BCUT2D eigenvalue weighted by molar-refractivity contribution is 7.87. The fraction of sp³-hybridized carbons (Fsp3) is 0.316. The average Bonchev–Trinajstić information content (AvgIpc) is 3.45. The summed E-state index contributed by atoms with van der Waals surface area (Å²) in [4.78, 5) is 14.7. The van der Waals surface area contributed by atoms with E-state index in [0.717, 1.165) is 12.8 Å². The number of hydrogen-bond donors (Lipinski definition) is 0. The molecule has 0 aromatic heterocycles. The summed E-state index contributed by atoms with van der Waals surface area (Å²) in [7, 11) is -3.64. The predicted molar refractivity (Wildman–Crippen MR) is 101 cm³/mol. The van der Waals surface area contributed by atoms with Gasteiger partial charge < -0.3 is 9.08 Å². The first-order valence-corrected chi connectivity index (χ1v) is 10.4. The summed E-state index contributed by atoms with van der Waals surface area (Å²) in [6, 6.07) is 14.0. The molecule has 5 nitrogen and oxygen atoms in total. The number of carbonyl (C=O) groups is 1. The van der Waals surface area contributed by atoms with Crippen molar-refractivity contribution >= 4 is 27.6 Å². The van der Waals surface area contributed by atoms with Crippen molar-refractivity contribution in [3.8, 4) is 5.75 Å². The molecule has 0 heterocycles. The van der Waals surface area contributed by atoms with E-state index in [2.05, 4.69) is 0 Å². The molecule has 0 unspecified atom stereocenters. The van der Waals surface area contributed by atoms with Crippen LogP contribution in [-0.2, 0) is 16.7 Å². The van der Waals surface area contributed by atoms with Crippen molar-refractivity contribution < 1.29 is 17.4 Å². The number of nitrogens with zero attached hydrogens (tertiary/aromatic N) is 1. The molecule has 0 saturated heterocycles. The molecular formula is C19H20ClNO4S. The minimum atomic E-state index is -3.64. The number of benzene rings is 2. The van der Waals surface area contributed by atoms with E-state index in [9.17, 15) is 13.2 Å². The van der Waals surface area contributed by atoms with E-state index in [-0.39, 0.29) is 30.0 Å². The van der Waals surface area contributed by atoms with Crippen LogP contribution in [0.1, 0.15) is 35.7 Å². The highest BCUT2D eigenvalue weighted by atomic mass is 35.5. The Hall–Kier alpha value is -2.05. The minimum Gasteiger partial charge on any atom is -0.382 e. The number of para-hydroxylation sites is 1. The predicted octanol–water partition coefficient (Wildman–Crippen LogP) is 3.87. The van der Waals surface area contributed by atoms with Crippen molar-refractivity contribution in [1.82, 2.24) is 4.90 Å². The molecule has 3 rings (SSSR count).